The summed E-state index contributed by atoms with van der Waals surface area (Å²) in [6.45, 7) is 8.24. The highest BCUT2D eigenvalue weighted by Gasteiger charge is 2.13. The Kier molecular flexibility index (Phi) is 3.33. The van der Waals surface area contributed by atoms with Crippen molar-refractivity contribution in [2.24, 2.45) is 0 Å². The largest absolute Gasteiger partial charge is 0.298 e. The Bertz CT molecular complexity index is 609. The van der Waals surface area contributed by atoms with Gasteiger partial charge < -0.3 is 0 Å². The topological polar surface area (TPSA) is 17.1 Å². The molecule has 0 bridgehead atoms. The maximum absolute atomic E-state index is 11.2. The summed E-state index contributed by atoms with van der Waals surface area (Å²) in [7, 11) is 0. The predicted octanol–water partition coefficient (Wildman–Crippen LogP) is 4.40. The molecule has 0 atom stereocenters. The van der Waals surface area contributed by atoms with Gasteiger partial charge in [0.25, 0.3) is 0 Å². The van der Waals surface area contributed by atoms with Crippen LogP contribution < -0.4 is 0 Å². The highest BCUT2D eigenvalue weighted by Crippen LogP contribution is 2.32. The minimum Gasteiger partial charge on any atom is -0.298 e. The maximum Gasteiger partial charge on any atom is 0.150 e. The normalized spacial score (nSPS) is 10.4. The molecular weight excluding hydrogens is 220 g/mol. The molecule has 0 aromatic heterocycles. The molecule has 0 radical (unpaired) electrons. The van der Waals surface area contributed by atoms with Crippen molar-refractivity contribution in [3.63, 3.8) is 0 Å². The summed E-state index contributed by atoms with van der Waals surface area (Å²) in [5.74, 6) is 0. The highest BCUT2D eigenvalue weighted by atomic mass is 16.1. The molecule has 92 valence electrons. The van der Waals surface area contributed by atoms with Gasteiger partial charge in [-0.15, -0.1) is 0 Å². The predicted molar refractivity (Wildman–Crippen MR) is 76.2 cm³/mol. The van der Waals surface area contributed by atoms with Crippen LogP contribution in [0.5, 0.6) is 0 Å². The quantitative estimate of drug-likeness (QED) is 0.709. The number of carbonyl (C=O) groups is 1. The zero-order chi connectivity index (χ0) is 13.3. The van der Waals surface area contributed by atoms with E-state index in [-0.39, 0.29) is 0 Å². The summed E-state index contributed by atoms with van der Waals surface area (Å²) < 4.78 is 0. The molecule has 18 heavy (non-hydrogen) atoms. The molecule has 0 spiro atoms. The second-order valence-corrected chi connectivity index (χ2v) is 4.86. The van der Waals surface area contributed by atoms with Gasteiger partial charge in [-0.2, -0.15) is 0 Å². The van der Waals surface area contributed by atoms with Crippen LogP contribution in [-0.4, -0.2) is 6.29 Å². The maximum atomic E-state index is 11.2. The lowest BCUT2D eigenvalue weighted by Gasteiger charge is -2.16. The second kappa shape index (κ2) is 4.77. The smallest absolute Gasteiger partial charge is 0.150 e. The third-order valence-electron chi connectivity index (χ3n) is 3.56. The number of hydrogen-bond acceptors (Lipinski definition) is 1. The van der Waals surface area contributed by atoms with Crippen molar-refractivity contribution < 1.29 is 4.79 Å². The van der Waals surface area contributed by atoms with Gasteiger partial charge in [0.15, 0.2) is 6.29 Å². The highest BCUT2D eigenvalue weighted by molar-refractivity contribution is 5.86. The van der Waals surface area contributed by atoms with Crippen molar-refractivity contribution in [1.82, 2.24) is 0 Å². The van der Waals surface area contributed by atoms with Gasteiger partial charge in [-0.05, 0) is 61.1 Å². The first-order valence-corrected chi connectivity index (χ1v) is 6.18. The lowest BCUT2D eigenvalue weighted by Crippen LogP contribution is -1.98. The molecular formula is C17H18O. The van der Waals surface area contributed by atoms with Crippen molar-refractivity contribution >= 4 is 6.29 Å². The van der Waals surface area contributed by atoms with Gasteiger partial charge in [0, 0.05) is 5.56 Å². The van der Waals surface area contributed by atoms with Crippen molar-refractivity contribution in [2.75, 3.05) is 0 Å². The molecule has 0 heterocycles. The monoisotopic (exact) mass is 238 g/mol. The van der Waals surface area contributed by atoms with Crippen LogP contribution in [0.3, 0.4) is 0 Å². The van der Waals surface area contributed by atoms with Crippen LogP contribution in [0.2, 0.25) is 0 Å². The van der Waals surface area contributed by atoms with Crippen molar-refractivity contribution in [1.29, 1.82) is 0 Å². The molecule has 1 nitrogen and oxygen atoms in total. The van der Waals surface area contributed by atoms with E-state index in [1.807, 2.05) is 26.0 Å². The molecule has 0 aliphatic carbocycles. The zero-order valence-corrected chi connectivity index (χ0v) is 11.4. The van der Waals surface area contributed by atoms with Gasteiger partial charge >= 0.3 is 0 Å². The van der Waals surface area contributed by atoms with Crippen LogP contribution in [0.25, 0.3) is 11.1 Å². The van der Waals surface area contributed by atoms with Crippen molar-refractivity contribution in [3.05, 3.63) is 58.1 Å². The number of benzene rings is 2. The molecule has 0 N–H and O–H groups in total. The van der Waals surface area contributed by atoms with Crippen molar-refractivity contribution in [2.45, 2.75) is 27.7 Å². The Morgan fingerprint density at radius 2 is 1.56 bits per heavy atom. The van der Waals surface area contributed by atoms with E-state index in [1.165, 1.54) is 22.3 Å². The first-order chi connectivity index (χ1) is 8.56. The lowest BCUT2D eigenvalue weighted by molar-refractivity contribution is 0.112. The van der Waals surface area contributed by atoms with E-state index < -0.39 is 0 Å². The van der Waals surface area contributed by atoms with Crippen LogP contribution in [0.1, 0.15) is 32.6 Å². The van der Waals surface area contributed by atoms with E-state index in [2.05, 4.69) is 32.0 Å². The second-order valence-electron chi connectivity index (χ2n) is 4.86. The number of aldehydes is 1. The fourth-order valence-electron chi connectivity index (χ4n) is 2.65. The Labute approximate surface area is 108 Å². The summed E-state index contributed by atoms with van der Waals surface area (Å²) in [5, 5.41) is 0. The van der Waals surface area contributed by atoms with E-state index >= 15 is 0 Å². The third-order valence-corrected chi connectivity index (χ3v) is 3.56. The van der Waals surface area contributed by atoms with Gasteiger partial charge in [0.05, 0.1) is 0 Å². The minimum atomic E-state index is 0.818. The van der Waals surface area contributed by atoms with E-state index in [0.29, 0.717) is 0 Å². The fraction of sp³-hybridized carbons (Fsp3) is 0.235. The molecule has 0 unspecified atom stereocenters. The number of aryl methyl sites for hydroxylation is 3. The summed E-state index contributed by atoms with van der Waals surface area (Å²) in [6, 6.07) is 10.4. The average Bonchev–Trinajstić information content (AvgIpc) is 2.31. The molecule has 2 aromatic carbocycles. The molecule has 2 rings (SSSR count). The molecule has 0 fully saturated rings. The number of rotatable bonds is 2. The first kappa shape index (κ1) is 12.6. The van der Waals surface area contributed by atoms with E-state index in [0.717, 1.165) is 23.0 Å². The summed E-state index contributed by atoms with van der Waals surface area (Å²) >= 11 is 0. The fourth-order valence-corrected chi connectivity index (χ4v) is 2.65. The Morgan fingerprint density at radius 1 is 0.889 bits per heavy atom. The molecule has 1 heteroatoms. The number of carbonyl (C=O) groups excluding carboxylic acids is 1. The van der Waals surface area contributed by atoms with E-state index in [1.54, 1.807) is 0 Å². The third kappa shape index (κ3) is 1.97. The Hall–Kier alpha value is -1.89. The average molecular weight is 238 g/mol. The minimum absolute atomic E-state index is 0.818. The van der Waals surface area contributed by atoms with Gasteiger partial charge in [-0.25, -0.2) is 0 Å². The summed E-state index contributed by atoms with van der Waals surface area (Å²) in [6.07, 6.45) is 0.964. The Balaban J connectivity index is 2.80. The van der Waals surface area contributed by atoms with Gasteiger partial charge in [0.1, 0.15) is 0 Å². The standard InChI is InChI=1S/C17H18O/c1-11-7-5-6-8-15(11)17-13(3)9-12(2)16(10-18)14(17)4/h5-10H,1-4H3. The molecule has 0 saturated heterocycles. The van der Waals surface area contributed by atoms with Gasteiger partial charge in [0.2, 0.25) is 0 Å². The molecule has 0 aliphatic rings. The van der Waals surface area contributed by atoms with E-state index in [9.17, 15) is 4.79 Å². The van der Waals surface area contributed by atoms with Crippen LogP contribution in [0, 0.1) is 27.7 Å². The van der Waals surface area contributed by atoms with Crippen LogP contribution in [0.4, 0.5) is 0 Å². The zero-order valence-electron chi connectivity index (χ0n) is 11.4. The molecule has 0 amide bonds. The molecule has 0 aliphatic heterocycles. The van der Waals surface area contributed by atoms with Gasteiger partial charge in [-0.3, -0.25) is 4.79 Å². The number of hydrogen-bond donors (Lipinski definition) is 0. The first-order valence-electron chi connectivity index (χ1n) is 6.18. The SMILES string of the molecule is Cc1ccccc1-c1c(C)cc(C)c(C=O)c1C. The van der Waals surface area contributed by atoms with E-state index in [4.69, 9.17) is 0 Å². The lowest BCUT2D eigenvalue weighted by atomic mass is 9.88. The molecule has 0 saturated carbocycles. The van der Waals surface area contributed by atoms with Crippen LogP contribution >= 0.6 is 0 Å². The van der Waals surface area contributed by atoms with Crippen molar-refractivity contribution in [3.8, 4) is 11.1 Å². The van der Waals surface area contributed by atoms with Crippen LogP contribution in [0.15, 0.2) is 30.3 Å². The summed E-state index contributed by atoms with van der Waals surface area (Å²) in [5.41, 5.74) is 7.83. The molecule has 2 aromatic rings. The van der Waals surface area contributed by atoms with Gasteiger partial charge in [-0.1, -0.05) is 30.3 Å². The Morgan fingerprint density at radius 3 is 2.17 bits per heavy atom. The summed E-state index contributed by atoms with van der Waals surface area (Å²) in [4.78, 5) is 11.2. The van der Waals surface area contributed by atoms with Crippen LogP contribution in [-0.2, 0) is 0 Å².